The number of pyridine rings is 2. The zero-order valence-electron chi connectivity index (χ0n) is 12.8. The molecule has 0 saturated carbocycles. The van der Waals surface area contributed by atoms with Crippen molar-refractivity contribution in [2.45, 2.75) is 6.92 Å². The molecule has 0 atom stereocenters. The lowest BCUT2D eigenvalue weighted by molar-refractivity contribution is 0.102. The van der Waals surface area contributed by atoms with Gasteiger partial charge in [-0.3, -0.25) is 9.78 Å². The maximum atomic E-state index is 14.4. The number of anilines is 1. The number of carbonyl (C=O) groups excluding carboxylic acids is 1. The molecule has 2 aromatic heterocycles. The van der Waals surface area contributed by atoms with Crippen molar-refractivity contribution in [3.05, 3.63) is 76.8 Å². The number of aryl methyl sites for hydroxylation is 1. The number of aromatic nitrogens is 2. The summed E-state index contributed by atoms with van der Waals surface area (Å²) < 4.78 is 14.4. The van der Waals surface area contributed by atoms with Gasteiger partial charge in [0, 0.05) is 23.5 Å². The Morgan fingerprint density at radius 2 is 1.96 bits per heavy atom. The monoisotopic (exact) mass is 341 g/mol. The van der Waals surface area contributed by atoms with Crippen LogP contribution in [0.5, 0.6) is 0 Å². The first kappa shape index (κ1) is 16.1. The third kappa shape index (κ3) is 3.41. The summed E-state index contributed by atoms with van der Waals surface area (Å²) in [7, 11) is 0. The van der Waals surface area contributed by atoms with Crippen LogP contribution in [0.1, 0.15) is 15.9 Å². The SMILES string of the molecule is Cc1ccnc(NC(=O)c2ccc(-c3ncccc3Cl)c(F)c2)c1. The first-order valence-electron chi connectivity index (χ1n) is 7.19. The number of benzene rings is 1. The Bertz CT molecular complexity index is 914. The van der Waals surface area contributed by atoms with E-state index in [-0.39, 0.29) is 11.1 Å². The van der Waals surface area contributed by atoms with Crippen molar-refractivity contribution in [2.24, 2.45) is 0 Å². The minimum Gasteiger partial charge on any atom is -0.307 e. The number of nitrogens with zero attached hydrogens (tertiary/aromatic N) is 2. The van der Waals surface area contributed by atoms with E-state index in [9.17, 15) is 9.18 Å². The summed E-state index contributed by atoms with van der Waals surface area (Å²) in [6, 6.07) is 11.0. The first-order chi connectivity index (χ1) is 11.5. The Morgan fingerprint density at radius 1 is 1.12 bits per heavy atom. The molecule has 4 nitrogen and oxygen atoms in total. The van der Waals surface area contributed by atoms with E-state index in [1.54, 1.807) is 24.4 Å². The van der Waals surface area contributed by atoms with Crippen LogP contribution >= 0.6 is 11.6 Å². The summed E-state index contributed by atoms with van der Waals surface area (Å²) in [5, 5.41) is 2.98. The highest BCUT2D eigenvalue weighted by atomic mass is 35.5. The minimum atomic E-state index is -0.569. The van der Waals surface area contributed by atoms with Gasteiger partial charge in [-0.2, -0.15) is 0 Å². The number of nitrogens with one attached hydrogen (secondary N) is 1. The molecule has 3 aromatic rings. The number of hydrogen-bond acceptors (Lipinski definition) is 3. The number of carbonyl (C=O) groups is 1. The molecule has 2 heterocycles. The van der Waals surface area contributed by atoms with Crippen LogP contribution in [0.2, 0.25) is 5.02 Å². The van der Waals surface area contributed by atoms with Crippen molar-refractivity contribution < 1.29 is 9.18 Å². The predicted octanol–water partition coefficient (Wildman–Crippen LogP) is 4.50. The van der Waals surface area contributed by atoms with Crippen molar-refractivity contribution in [1.29, 1.82) is 0 Å². The van der Waals surface area contributed by atoms with E-state index in [1.807, 2.05) is 13.0 Å². The highest BCUT2D eigenvalue weighted by Gasteiger charge is 2.14. The number of rotatable bonds is 3. The second-order valence-corrected chi connectivity index (χ2v) is 5.61. The minimum absolute atomic E-state index is 0.187. The zero-order valence-corrected chi connectivity index (χ0v) is 13.5. The number of amides is 1. The van der Waals surface area contributed by atoms with E-state index in [2.05, 4.69) is 15.3 Å². The molecular formula is C18H13ClFN3O. The summed E-state index contributed by atoms with van der Waals surface area (Å²) in [6.45, 7) is 1.89. The fraction of sp³-hybridized carbons (Fsp3) is 0.0556. The molecule has 120 valence electrons. The molecule has 0 aliphatic rings. The molecule has 0 bridgehead atoms. The fourth-order valence-electron chi connectivity index (χ4n) is 2.23. The van der Waals surface area contributed by atoms with E-state index in [0.717, 1.165) is 11.6 Å². The number of hydrogen-bond donors (Lipinski definition) is 1. The molecule has 1 amide bonds. The Balaban J connectivity index is 1.87. The third-order valence-electron chi connectivity index (χ3n) is 3.40. The van der Waals surface area contributed by atoms with Gasteiger partial charge in [0.25, 0.3) is 5.91 Å². The predicted molar refractivity (Wildman–Crippen MR) is 91.6 cm³/mol. The Labute approximate surface area is 143 Å². The summed E-state index contributed by atoms with van der Waals surface area (Å²) in [4.78, 5) is 20.4. The van der Waals surface area contributed by atoms with Gasteiger partial charge < -0.3 is 5.32 Å². The summed E-state index contributed by atoms with van der Waals surface area (Å²) in [5.41, 5.74) is 1.73. The summed E-state index contributed by atoms with van der Waals surface area (Å²) in [6.07, 6.45) is 3.13. The molecule has 0 aliphatic carbocycles. The first-order valence-corrected chi connectivity index (χ1v) is 7.57. The van der Waals surface area contributed by atoms with Crippen molar-refractivity contribution >= 4 is 23.3 Å². The lowest BCUT2D eigenvalue weighted by Gasteiger charge is -2.08. The van der Waals surface area contributed by atoms with Crippen molar-refractivity contribution in [3.8, 4) is 11.3 Å². The molecule has 0 radical (unpaired) electrons. The van der Waals surface area contributed by atoms with Crippen LogP contribution in [0.15, 0.2) is 54.9 Å². The Kier molecular flexibility index (Phi) is 4.53. The lowest BCUT2D eigenvalue weighted by atomic mass is 10.1. The van der Waals surface area contributed by atoms with Gasteiger partial charge >= 0.3 is 0 Å². The highest BCUT2D eigenvalue weighted by Crippen LogP contribution is 2.28. The smallest absolute Gasteiger partial charge is 0.256 e. The van der Waals surface area contributed by atoms with Gasteiger partial charge in [-0.1, -0.05) is 11.6 Å². The van der Waals surface area contributed by atoms with Crippen LogP contribution in [-0.2, 0) is 0 Å². The van der Waals surface area contributed by atoms with Gasteiger partial charge in [0.15, 0.2) is 0 Å². The van der Waals surface area contributed by atoms with Crippen molar-refractivity contribution in [3.63, 3.8) is 0 Å². The quantitative estimate of drug-likeness (QED) is 0.763. The van der Waals surface area contributed by atoms with Crippen LogP contribution in [0.3, 0.4) is 0 Å². The van der Waals surface area contributed by atoms with E-state index >= 15 is 0 Å². The second kappa shape index (κ2) is 6.76. The van der Waals surface area contributed by atoms with E-state index < -0.39 is 11.7 Å². The zero-order chi connectivity index (χ0) is 17.1. The van der Waals surface area contributed by atoms with Crippen molar-refractivity contribution in [1.82, 2.24) is 9.97 Å². The molecular weight excluding hydrogens is 329 g/mol. The maximum absolute atomic E-state index is 14.4. The Morgan fingerprint density at radius 3 is 2.67 bits per heavy atom. The molecule has 3 rings (SSSR count). The average molecular weight is 342 g/mol. The third-order valence-corrected chi connectivity index (χ3v) is 3.71. The number of halogens is 2. The highest BCUT2D eigenvalue weighted by molar-refractivity contribution is 6.33. The van der Waals surface area contributed by atoms with Crippen LogP contribution in [-0.4, -0.2) is 15.9 Å². The Hall–Kier alpha value is -2.79. The van der Waals surface area contributed by atoms with Crippen LogP contribution in [0.4, 0.5) is 10.2 Å². The standard InChI is InChI=1S/C18H13ClFN3O/c1-11-6-8-21-16(9-11)23-18(24)12-4-5-13(15(20)10-12)17-14(19)3-2-7-22-17/h2-10H,1H3,(H,21,23,24). The van der Waals surface area contributed by atoms with Crippen molar-refractivity contribution in [2.75, 3.05) is 5.32 Å². The molecule has 0 fully saturated rings. The van der Waals surface area contributed by atoms with Gasteiger partial charge in [0.2, 0.25) is 0 Å². The van der Waals surface area contributed by atoms with E-state index in [0.29, 0.717) is 16.5 Å². The van der Waals surface area contributed by atoms with Gasteiger partial charge in [-0.25, -0.2) is 9.37 Å². The fourth-order valence-corrected chi connectivity index (χ4v) is 2.45. The molecule has 0 saturated heterocycles. The topological polar surface area (TPSA) is 54.9 Å². The molecule has 0 unspecified atom stereocenters. The van der Waals surface area contributed by atoms with Crippen LogP contribution in [0.25, 0.3) is 11.3 Å². The van der Waals surface area contributed by atoms with Gasteiger partial charge in [-0.05, 0) is 55.0 Å². The van der Waals surface area contributed by atoms with Crippen LogP contribution < -0.4 is 5.32 Å². The van der Waals surface area contributed by atoms with Crippen LogP contribution in [0, 0.1) is 12.7 Å². The molecule has 0 spiro atoms. The molecule has 1 aromatic carbocycles. The maximum Gasteiger partial charge on any atom is 0.256 e. The van der Waals surface area contributed by atoms with Gasteiger partial charge in [0.1, 0.15) is 11.6 Å². The van der Waals surface area contributed by atoms with E-state index in [1.165, 1.54) is 18.3 Å². The average Bonchev–Trinajstić information content (AvgIpc) is 2.55. The van der Waals surface area contributed by atoms with Gasteiger partial charge in [-0.15, -0.1) is 0 Å². The largest absolute Gasteiger partial charge is 0.307 e. The molecule has 24 heavy (non-hydrogen) atoms. The second-order valence-electron chi connectivity index (χ2n) is 5.20. The van der Waals surface area contributed by atoms with E-state index in [4.69, 9.17) is 11.6 Å². The summed E-state index contributed by atoms with van der Waals surface area (Å²) >= 11 is 6.04. The normalized spacial score (nSPS) is 10.5. The molecule has 1 N–H and O–H groups in total. The lowest BCUT2D eigenvalue weighted by Crippen LogP contribution is -2.13. The van der Waals surface area contributed by atoms with Gasteiger partial charge in [0.05, 0.1) is 10.7 Å². The molecule has 0 aliphatic heterocycles. The summed E-state index contributed by atoms with van der Waals surface area (Å²) in [5.74, 6) is -0.594. The molecule has 6 heteroatoms.